The van der Waals surface area contributed by atoms with Crippen LogP contribution in [-0.2, 0) is 7.05 Å². The number of nitrogens with zero attached hydrogens (tertiary/aromatic N) is 2. The summed E-state index contributed by atoms with van der Waals surface area (Å²) in [5.41, 5.74) is 4.06. The Bertz CT molecular complexity index is 523. The van der Waals surface area contributed by atoms with Gasteiger partial charge in [0.1, 0.15) is 0 Å². The first-order valence-corrected chi connectivity index (χ1v) is 5.19. The lowest BCUT2D eigenvalue weighted by molar-refractivity contribution is 0.101. The smallest absolute Gasteiger partial charge is 0.159 e. The minimum absolute atomic E-state index is 0.0921. The molecule has 2 rings (SSSR count). The predicted octanol–water partition coefficient (Wildman–Crippen LogP) is 2.60. The Labute approximate surface area is 94.7 Å². The molecule has 1 aromatic carbocycles. The van der Waals surface area contributed by atoms with Gasteiger partial charge in [0, 0.05) is 23.9 Å². The quantitative estimate of drug-likeness (QED) is 0.720. The van der Waals surface area contributed by atoms with Crippen molar-refractivity contribution in [3.05, 3.63) is 41.7 Å². The SMILES string of the molecule is CC(=O)c1ccc(-c2cnn(C)c2C)cc1. The summed E-state index contributed by atoms with van der Waals surface area (Å²) in [6.07, 6.45) is 1.85. The number of rotatable bonds is 2. The second-order valence-electron chi connectivity index (χ2n) is 3.90. The Kier molecular flexibility index (Phi) is 2.60. The molecule has 0 aliphatic carbocycles. The largest absolute Gasteiger partial charge is 0.295 e. The van der Waals surface area contributed by atoms with Gasteiger partial charge in [-0.05, 0) is 19.4 Å². The molecule has 82 valence electrons. The maximum Gasteiger partial charge on any atom is 0.159 e. The fraction of sp³-hybridized carbons (Fsp3) is 0.231. The van der Waals surface area contributed by atoms with Gasteiger partial charge in [-0.1, -0.05) is 24.3 Å². The highest BCUT2D eigenvalue weighted by Crippen LogP contribution is 2.22. The van der Waals surface area contributed by atoms with Gasteiger partial charge in [0.15, 0.2) is 5.78 Å². The van der Waals surface area contributed by atoms with E-state index in [9.17, 15) is 4.79 Å². The van der Waals surface area contributed by atoms with Crippen LogP contribution in [0.1, 0.15) is 23.0 Å². The molecule has 0 N–H and O–H groups in total. The number of carbonyl (C=O) groups excluding carboxylic acids is 1. The predicted molar refractivity (Wildman–Crippen MR) is 63.4 cm³/mol. The molecule has 0 amide bonds. The molecule has 0 saturated heterocycles. The van der Waals surface area contributed by atoms with Crippen molar-refractivity contribution in [1.29, 1.82) is 0 Å². The molecule has 0 radical (unpaired) electrons. The van der Waals surface area contributed by atoms with E-state index in [1.807, 2.05) is 49.1 Å². The van der Waals surface area contributed by atoms with Crippen LogP contribution in [0.15, 0.2) is 30.5 Å². The molecule has 0 atom stereocenters. The van der Waals surface area contributed by atoms with Crippen LogP contribution in [0.5, 0.6) is 0 Å². The number of aryl methyl sites for hydroxylation is 1. The normalized spacial score (nSPS) is 10.4. The summed E-state index contributed by atoms with van der Waals surface area (Å²) in [5, 5.41) is 4.20. The Morgan fingerprint density at radius 3 is 2.31 bits per heavy atom. The molecular formula is C13H14N2O. The molecule has 3 heteroatoms. The van der Waals surface area contributed by atoms with Gasteiger partial charge in [-0.15, -0.1) is 0 Å². The third kappa shape index (κ3) is 1.76. The van der Waals surface area contributed by atoms with Crippen LogP contribution < -0.4 is 0 Å². The molecule has 16 heavy (non-hydrogen) atoms. The Balaban J connectivity index is 2.42. The summed E-state index contributed by atoms with van der Waals surface area (Å²) in [4.78, 5) is 11.1. The fourth-order valence-corrected chi connectivity index (χ4v) is 1.67. The minimum Gasteiger partial charge on any atom is -0.295 e. The molecule has 1 heterocycles. The number of hydrogen-bond donors (Lipinski definition) is 0. The summed E-state index contributed by atoms with van der Waals surface area (Å²) < 4.78 is 1.84. The van der Waals surface area contributed by atoms with E-state index in [-0.39, 0.29) is 5.78 Å². The second-order valence-corrected chi connectivity index (χ2v) is 3.90. The molecule has 0 spiro atoms. The van der Waals surface area contributed by atoms with Gasteiger partial charge >= 0.3 is 0 Å². The van der Waals surface area contributed by atoms with Gasteiger partial charge in [0.25, 0.3) is 0 Å². The molecule has 2 aromatic rings. The molecule has 0 bridgehead atoms. The number of aromatic nitrogens is 2. The third-order valence-corrected chi connectivity index (χ3v) is 2.84. The minimum atomic E-state index is 0.0921. The van der Waals surface area contributed by atoms with Gasteiger partial charge in [-0.2, -0.15) is 5.10 Å². The van der Waals surface area contributed by atoms with E-state index in [0.29, 0.717) is 0 Å². The van der Waals surface area contributed by atoms with Crippen LogP contribution in [0, 0.1) is 6.92 Å². The lowest BCUT2D eigenvalue weighted by atomic mass is 10.0. The number of ketones is 1. The summed E-state index contributed by atoms with van der Waals surface area (Å²) >= 11 is 0. The average molecular weight is 214 g/mol. The van der Waals surface area contributed by atoms with Crippen LogP contribution in [-0.4, -0.2) is 15.6 Å². The molecule has 1 aromatic heterocycles. The first-order valence-electron chi connectivity index (χ1n) is 5.19. The summed E-state index contributed by atoms with van der Waals surface area (Å²) in [6.45, 7) is 3.60. The van der Waals surface area contributed by atoms with Crippen LogP contribution in [0.4, 0.5) is 0 Å². The van der Waals surface area contributed by atoms with Crippen molar-refractivity contribution in [3.8, 4) is 11.1 Å². The van der Waals surface area contributed by atoms with E-state index >= 15 is 0 Å². The number of Topliss-reactive ketones (excluding diaryl/α,β-unsaturated/α-hetero) is 1. The number of carbonyl (C=O) groups is 1. The summed E-state index contributed by atoms with van der Waals surface area (Å²) in [6, 6.07) is 7.62. The van der Waals surface area contributed by atoms with Gasteiger partial charge < -0.3 is 0 Å². The van der Waals surface area contributed by atoms with E-state index in [0.717, 1.165) is 22.4 Å². The maximum atomic E-state index is 11.1. The Hall–Kier alpha value is -1.90. The highest BCUT2D eigenvalue weighted by atomic mass is 16.1. The monoisotopic (exact) mass is 214 g/mol. The van der Waals surface area contributed by atoms with Crippen molar-refractivity contribution < 1.29 is 4.79 Å². The molecule has 3 nitrogen and oxygen atoms in total. The molecule has 0 aliphatic rings. The van der Waals surface area contributed by atoms with Crippen LogP contribution in [0.2, 0.25) is 0 Å². The van der Waals surface area contributed by atoms with Gasteiger partial charge in [0.2, 0.25) is 0 Å². The van der Waals surface area contributed by atoms with E-state index in [1.165, 1.54) is 0 Å². The standard InChI is InChI=1S/C13H14N2O/c1-9-13(8-14-15(9)3)12-6-4-11(5-7-12)10(2)16/h4-8H,1-3H3. The number of hydrogen-bond acceptors (Lipinski definition) is 2. The van der Waals surface area contributed by atoms with Crippen molar-refractivity contribution in [2.75, 3.05) is 0 Å². The maximum absolute atomic E-state index is 11.1. The lowest BCUT2D eigenvalue weighted by Gasteiger charge is -2.02. The first kappa shape index (κ1) is 10.6. The lowest BCUT2D eigenvalue weighted by Crippen LogP contribution is -1.93. The second kappa shape index (κ2) is 3.93. The fourth-order valence-electron chi connectivity index (χ4n) is 1.67. The zero-order valence-electron chi connectivity index (χ0n) is 9.69. The first-order chi connectivity index (χ1) is 7.59. The van der Waals surface area contributed by atoms with Gasteiger partial charge in [0.05, 0.1) is 6.20 Å². The molecule has 0 fully saturated rings. The van der Waals surface area contributed by atoms with Crippen molar-refractivity contribution in [2.45, 2.75) is 13.8 Å². The Morgan fingerprint density at radius 1 is 1.25 bits per heavy atom. The highest BCUT2D eigenvalue weighted by molar-refractivity contribution is 5.94. The van der Waals surface area contributed by atoms with E-state index in [2.05, 4.69) is 5.10 Å². The topological polar surface area (TPSA) is 34.9 Å². The average Bonchev–Trinajstić information content (AvgIpc) is 2.60. The van der Waals surface area contributed by atoms with Gasteiger partial charge in [-0.3, -0.25) is 9.48 Å². The Morgan fingerprint density at radius 2 is 1.88 bits per heavy atom. The zero-order chi connectivity index (χ0) is 11.7. The van der Waals surface area contributed by atoms with Crippen LogP contribution in [0.25, 0.3) is 11.1 Å². The van der Waals surface area contributed by atoms with E-state index in [1.54, 1.807) is 6.92 Å². The molecule has 0 saturated carbocycles. The molecule has 0 aliphatic heterocycles. The van der Waals surface area contributed by atoms with E-state index in [4.69, 9.17) is 0 Å². The van der Waals surface area contributed by atoms with E-state index < -0.39 is 0 Å². The third-order valence-electron chi connectivity index (χ3n) is 2.84. The molecule has 0 unspecified atom stereocenters. The number of benzene rings is 1. The zero-order valence-corrected chi connectivity index (χ0v) is 9.69. The summed E-state index contributed by atoms with van der Waals surface area (Å²) in [5.74, 6) is 0.0921. The summed E-state index contributed by atoms with van der Waals surface area (Å²) in [7, 11) is 1.92. The van der Waals surface area contributed by atoms with Gasteiger partial charge in [-0.25, -0.2) is 0 Å². The van der Waals surface area contributed by atoms with Crippen LogP contribution in [0.3, 0.4) is 0 Å². The molecular weight excluding hydrogens is 200 g/mol. The van der Waals surface area contributed by atoms with Crippen molar-refractivity contribution >= 4 is 5.78 Å². The van der Waals surface area contributed by atoms with Crippen molar-refractivity contribution in [1.82, 2.24) is 9.78 Å². The van der Waals surface area contributed by atoms with Crippen molar-refractivity contribution in [2.24, 2.45) is 7.05 Å². The van der Waals surface area contributed by atoms with Crippen LogP contribution >= 0.6 is 0 Å². The highest BCUT2D eigenvalue weighted by Gasteiger charge is 2.06. The van der Waals surface area contributed by atoms with Crippen molar-refractivity contribution in [3.63, 3.8) is 0 Å².